The normalized spacial score (nSPS) is 18.0. The van der Waals surface area contributed by atoms with Gasteiger partial charge >= 0.3 is 5.97 Å². The van der Waals surface area contributed by atoms with Crippen LogP contribution < -0.4 is 5.43 Å². The molecule has 1 unspecified atom stereocenters. The molecule has 0 bridgehead atoms. The number of ether oxygens (including phenoxy) is 1. The first-order valence-electron chi connectivity index (χ1n) is 6.34. The molecular formula is C13H16N2O6. The van der Waals surface area contributed by atoms with Gasteiger partial charge in [-0.1, -0.05) is 0 Å². The molecule has 8 nitrogen and oxygen atoms in total. The van der Waals surface area contributed by atoms with Crippen LogP contribution in [0.25, 0.3) is 0 Å². The number of methoxy groups -OCH3 is 1. The zero-order chi connectivity index (χ0) is 15.9. The number of carbonyl (C=O) groups excluding carboxylic acids is 1. The van der Waals surface area contributed by atoms with Crippen LogP contribution in [-0.2, 0) is 11.3 Å². The Balaban J connectivity index is 2.68. The maximum absolute atomic E-state index is 12.5. The minimum atomic E-state index is -1.46. The molecule has 2 heterocycles. The van der Waals surface area contributed by atoms with Crippen molar-refractivity contribution in [3.8, 4) is 5.75 Å². The molecule has 0 saturated carbocycles. The molecule has 114 valence electrons. The summed E-state index contributed by atoms with van der Waals surface area (Å²) in [4.78, 5) is 36.7. The molecule has 0 saturated heterocycles. The third-order valence-corrected chi connectivity index (χ3v) is 3.42. The zero-order valence-electron chi connectivity index (χ0n) is 11.9. The quantitative estimate of drug-likeness (QED) is 0.818. The molecule has 0 aliphatic carbocycles. The molecule has 1 atom stereocenters. The van der Waals surface area contributed by atoms with E-state index in [1.165, 1.54) is 16.6 Å². The number of amides is 1. The fourth-order valence-electron chi connectivity index (χ4n) is 2.44. The standard InChI is InChI=1S/C13H16N2O6/c1-6(2)15-8(21-3)5-14-4-7(13(19)20)10(16)11(17)9(14)12(15)18/h4,6,8,17H,5H2,1-3H3,(H,19,20). The van der Waals surface area contributed by atoms with Crippen LogP contribution in [-0.4, -0.2) is 50.9 Å². The van der Waals surface area contributed by atoms with Crippen molar-refractivity contribution in [2.24, 2.45) is 0 Å². The van der Waals surface area contributed by atoms with E-state index in [9.17, 15) is 19.5 Å². The second kappa shape index (κ2) is 5.21. The highest BCUT2D eigenvalue weighted by Gasteiger charge is 2.37. The molecule has 0 fully saturated rings. The lowest BCUT2D eigenvalue weighted by Crippen LogP contribution is -2.53. The molecule has 8 heteroatoms. The Bertz CT molecular complexity index is 663. The molecule has 1 aromatic heterocycles. The smallest absolute Gasteiger partial charge is 0.341 e. The molecule has 1 aromatic rings. The van der Waals surface area contributed by atoms with Gasteiger partial charge in [-0.05, 0) is 13.8 Å². The number of aromatic carboxylic acids is 1. The fourth-order valence-corrected chi connectivity index (χ4v) is 2.44. The number of rotatable bonds is 3. The summed E-state index contributed by atoms with van der Waals surface area (Å²) in [5.74, 6) is -2.88. The Morgan fingerprint density at radius 2 is 2.05 bits per heavy atom. The summed E-state index contributed by atoms with van der Waals surface area (Å²) in [7, 11) is 1.43. The molecule has 1 amide bonds. The topological polar surface area (TPSA) is 109 Å². The third kappa shape index (κ3) is 2.27. The molecular weight excluding hydrogens is 280 g/mol. The Hall–Kier alpha value is -2.35. The van der Waals surface area contributed by atoms with Crippen molar-refractivity contribution in [1.82, 2.24) is 9.47 Å². The van der Waals surface area contributed by atoms with Crippen molar-refractivity contribution in [2.45, 2.75) is 32.7 Å². The fraction of sp³-hybridized carbons (Fsp3) is 0.462. The van der Waals surface area contributed by atoms with Crippen molar-refractivity contribution in [3.63, 3.8) is 0 Å². The number of hydrogen-bond acceptors (Lipinski definition) is 5. The van der Waals surface area contributed by atoms with E-state index < -0.39 is 34.8 Å². The lowest BCUT2D eigenvalue weighted by molar-refractivity contribution is -0.0514. The number of hydrogen-bond donors (Lipinski definition) is 2. The van der Waals surface area contributed by atoms with Gasteiger partial charge in [0.1, 0.15) is 5.56 Å². The highest BCUT2D eigenvalue weighted by molar-refractivity contribution is 5.97. The molecule has 21 heavy (non-hydrogen) atoms. The van der Waals surface area contributed by atoms with E-state index in [1.54, 1.807) is 13.8 Å². The number of aromatic hydroxyl groups is 1. The van der Waals surface area contributed by atoms with Crippen LogP contribution in [0.15, 0.2) is 11.0 Å². The van der Waals surface area contributed by atoms with Crippen molar-refractivity contribution in [3.05, 3.63) is 27.7 Å². The Morgan fingerprint density at radius 1 is 1.43 bits per heavy atom. The summed E-state index contributed by atoms with van der Waals surface area (Å²) < 4.78 is 6.49. The van der Waals surface area contributed by atoms with Crippen LogP contribution in [0.5, 0.6) is 5.75 Å². The molecule has 2 N–H and O–H groups in total. The third-order valence-electron chi connectivity index (χ3n) is 3.42. The van der Waals surface area contributed by atoms with E-state index in [1.807, 2.05) is 0 Å². The molecule has 0 radical (unpaired) electrons. The van der Waals surface area contributed by atoms with Gasteiger partial charge in [-0.3, -0.25) is 9.59 Å². The lowest BCUT2D eigenvalue weighted by Gasteiger charge is -2.39. The number of fused-ring (bicyclic) bond motifs is 1. The van der Waals surface area contributed by atoms with E-state index in [2.05, 4.69) is 0 Å². The maximum atomic E-state index is 12.5. The van der Waals surface area contributed by atoms with E-state index in [4.69, 9.17) is 9.84 Å². The minimum Gasteiger partial charge on any atom is -0.503 e. The molecule has 1 aliphatic heterocycles. The van der Waals surface area contributed by atoms with Gasteiger partial charge < -0.3 is 24.4 Å². The van der Waals surface area contributed by atoms with Gasteiger partial charge in [0, 0.05) is 19.3 Å². The lowest BCUT2D eigenvalue weighted by atomic mass is 10.1. The Labute approximate surface area is 120 Å². The summed E-state index contributed by atoms with van der Waals surface area (Å²) in [6, 6.07) is -0.204. The summed E-state index contributed by atoms with van der Waals surface area (Å²) >= 11 is 0. The van der Waals surface area contributed by atoms with Crippen LogP contribution in [0.4, 0.5) is 0 Å². The van der Waals surface area contributed by atoms with Crippen molar-refractivity contribution in [2.75, 3.05) is 7.11 Å². The average Bonchev–Trinajstić information content (AvgIpc) is 2.40. The molecule has 1 aliphatic rings. The number of carbonyl (C=O) groups is 2. The van der Waals surface area contributed by atoms with Crippen molar-refractivity contribution in [1.29, 1.82) is 0 Å². The number of carboxylic acid groups (broad SMARTS) is 1. The number of carboxylic acids is 1. The van der Waals surface area contributed by atoms with Gasteiger partial charge in [0.25, 0.3) is 5.91 Å². The number of aromatic nitrogens is 1. The number of nitrogens with zero attached hydrogens (tertiary/aromatic N) is 2. The second-order valence-electron chi connectivity index (χ2n) is 5.02. The zero-order valence-corrected chi connectivity index (χ0v) is 11.9. The first-order valence-corrected chi connectivity index (χ1v) is 6.34. The van der Waals surface area contributed by atoms with E-state index in [0.29, 0.717) is 0 Å². The predicted octanol–water partition coefficient (Wildman–Crippen LogP) is 0.0888. The van der Waals surface area contributed by atoms with Gasteiger partial charge in [0.2, 0.25) is 5.43 Å². The Morgan fingerprint density at radius 3 is 2.52 bits per heavy atom. The van der Waals surface area contributed by atoms with Gasteiger partial charge in [-0.2, -0.15) is 0 Å². The average molecular weight is 296 g/mol. The van der Waals surface area contributed by atoms with E-state index in [-0.39, 0.29) is 18.3 Å². The van der Waals surface area contributed by atoms with E-state index in [0.717, 1.165) is 6.20 Å². The first kappa shape index (κ1) is 15.0. The van der Waals surface area contributed by atoms with Gasteiger partial charge in [0.15, 0.2) is 17.7 Å². The second-order valence-corrected chi connectivity index (χ2v) is 5.02. The summed E-state index contributed by atoms with van der Waals surface area (Å²) in [6.45, 7) is 3.69. The number of pyridine rings is 1. The van der Waals surface area contributed by atoms with Crippen LogP contribution >= 0.6 is 0 Å². The Kier molecular flexibility index (Phi) is 3.73. The van der Waals surface area contributed by atoms with Crippen LogP contribution in [0, 0.1) is 0 Å². The molecule has 0 aromatic carbocycles. The van der Waals surface area contributed by atoms with Gasteiger partial charge in [-0.25, -0.2) is 4.79 Å². The minimum absolute atomic E-state index is 0.129. The highest BCUT2D eigenvalue weighted by atomic mass is 16.5. The first-order chi connectivity index (χ1) is 9.79. The summed E-state index contributed by atoms with van der Waals surface area (Å²) in [5.41, 5.74) is -1.87. The SMILES string of the molecule is COC1Cn2cc(C(=O)O)c(=O)c(O)c2C(=O)N1C(C)C. The van der Waals surface area contributed by atoms with Crippen LogP contribution in [0.1, 0.15) is 34.7 Å². The van der Waals surface area contributed by atoms with Crippen molar-refractivity contribution < 1.29 is 24.5 Å². The van der Waals surface area contributed by atoms with Crippen LogP contribution in [0.2, 0.25) is 0 Å². The summed E-state index contributed by atoms with van der Waals surface area (Å²) in [6.07, 6.45) is 0.454. The molecule has 0 spiro atoms. The highest BCUT2D eigenvalue weighted by Crippen LogP contribution is 2.25. The predicted molar refractivity (Wildman–Crippen MR) is 71.4 cm³/mol. The maximum Gasteiger partial charge on any atom is 0.341 e. The molecule has 2 rings (SSSR count). The van der Waals surface area contributed by atoms with Crippen molar-refractivity contribution >= 4 is 11.9 Å². The van der Waals surface area contributed by atoms with Gasteiger partial charge in [0.05, 0.1) is 6.54 Å². The van der Waals surface area contributed by atoms with Crippen LogP contribution in [0.3, 0.4) is 0 Å². The largest absolute Gasteiger partial charge is 0.503 e. The van der Waals surface area contributed by atoms with E-state index >= 15 is 0 Å². The van der Waals surface area contributed by atoms with Gasteiger partial charge in [-0.15, -0.1) is 0 Å². The summed E-state index contributed by atoms with van der Waals surface area (Å²) in [5, 5.41) is 18.9. The monoisotopic (exact) mass is 296 g/mol.